The molecule has 0 radical (unpaired) electrons. The molecule has 0 spiro atoms. The number of hydrogen-bond donors (Lipinski definition) is 1. The monoisotopic (exact) mass is 466 g/mol. The summed E-state index contributed by atoms with van der Waals surface area (Å²) < 4.78 is 6.78. The Morgan fingerprint density at radius 3 is 2.66 bits per heavy atom. The van der Waals surface area contributed by atoms with Crippen molar-refractivity contribution in [3.63, 3.8) is 0 Å². The third-order valence-electron chi connectivity index (χ3n) is 5.36. The van der Waals surface area contributed by atoms with Crippen molar-refractivity contribution in [2.75, 3.05) is 31.2 Å². The second-order valence-corrected chi connectivity index (χ2v) is 8.54. The minimum Gasteiger partial charge on any atom is -0.494 e. The van der Waals surface area contributed by atoms with E-state index in [1.54, 1.807) is 42.7 Å². The van der Waals surface area contributed by atoms with Gasteiger partial charge in [-0.3, -0.25) is 4.79 Å². The predicted molar refractivity (Wildman–Crippen MR) is 129 cm³/mol. The van der Waals surface area contributed by atoms with Crippen LogP contribution < -0.4 is 10.5 Å². The Morgan fingerprint density at radius 2 is 1.91 bits per heavy atom. The fourth-order valence-corrected chi connectivity index (χ4v) is 4.50. The van der Waals surface area contributed by atoms with Gasteiger partial charge >= 0.3 is 0 Å². The lowest BCUT2D eigenvalue weighted by atomic mass is 10.1. The van der Waals surface area contributed by atoms with E-state index in [9.17, 15) is 9.90 Å². The molecule has 0 saturated carbocycles. The number of pyridine rings is 1. The molecule has 162 valence electrons. The summed E-state index contributed by atoms with van der Waals surface area (Å²) >= 11 is 7.71. The number of benzene rings is 2. The highest BCUT2D eigenvalue weighted by Gasteiger charge is 2.22. The van der Waals surface area contributed by atoms with Crippen molar-refractivity contribution in [3.8, 4) is 11.6 Å². The van der Waals surface area contributed by atoms with Crippen LogP contribution in [0.1, 0.15) is 5.56 Å². The van der Waals surface area contributed by atoms with Gasteiger partial charge in [0.1, 0.15) is 0 Å². The molecule has 1 aliphatic rings. The number of aromatic nitrogens is 2. The maximum Gasteiger partial charge on any atom is 0.265 e. The molecule has 7 nitrogen and oxygen atoms in total. The summed E-state index contributed by atoms with van der Waals surface area (Å²) in [7, 11) is 0. The molecule has 4 aromatic rings. The summed E-state index contributed by atoms with van der Waals surface area (Å²) in [5, 5.41) is 15.3. The van der Waals surface area contributed by atoms with E-state index < -0.39 is 0 Å². The number of ether oxygens (including phenoxy) is 1. The molecule has 0 unspecified atom stereocenters. The summed E-state index contributed by atoms with van der Waals surface area (Å²) in [5.41, 5.74) is 1.41. The van der Waals surface area contributed by atoms with Crippen molar-refractivity contribution in [1.82, 2.24) is 9.55 Å². The van der Waals surface area contributed by atoms with Crippen LogP contribution >= 0.6 is 22.9 Å². The molecule has 0 atom stereocenters. The SMILES string of the molecule is O=c1c2ccccc2c(C=Nc2nccs2)c(O)n1-c1cc(Cl)ccc1N1CCOCC1. The van der Waals surface area contributed by atoms with Gasteiger partial charge in [0.25, 0.3) is 5.56 Å². The van der Waals surface area contributed by atoms with Crippen LogP contribution in [0.25, 0.3) is 16.5 Å². The number of anilines is 1. The van der Waals surface area contributed by atoms with Crippen LogP contribution in [0.4, 0.5) is 10.8 Å². The zero-order chi connectivity index (χ0) is 22.1. The number of thiazole rings is 1. The summed E-state index contributed by atoms with van der Waals surface area (Å²) in [6.07, 6.45) is 3.21. The smallest absolute Gasteiger partial charge is 0.265 e. The lowest BCUT2D eigenvalue weighted by Crippen LogP contribution is -2.37. The van der Waals surface area contributed by atoms with Gasteiger partial charge in [0.2, 0.25) is 11.0 Å². The number of nitrogens with zero attached hydrogens (tertiary/aromatic N) is 4. The molecule has 2 aromatic heterocycles. The van der Waals surface area contributed by atoms with Crippen molar-refractivity contribution < 1.29 is 9.84 Å². The van der Waals surface area contributed by atoms with E-state index in [0.717, 1.165) is 5.69 Å². The number of aliphatic imine (C=N–C) groups is 1. The average Bonchev–Trinajstić information content (AvgIpc) is 3.33. The number of aromatic hydroxyl groups is 1. The van der Waals surface area contributed by atoms with Crippen LogP contribution in [0.3, 0.4) is 0 Å². The Kier molecular flexibility index (Phi) is 5.65. The fourth-order valence-electron chi connectivity index (χ4n) is 3.86. The first-order valence-corrected chi connectivity index (χ1v) is 11.3. The predicted octanol–water partition coefficient (Wildman–Crippen LogP) is 4.39. The highest BCUT2D eigenvalue weighted by molar-refractivity contribution is 7.13. The first kappa shape index (κ1) is 20.7. The highest BCUT2D eigenvalue weighted by atomic mass is 35.5. The summed E-state index contributed by atoms with van der Waals surface area (Å²) in [4.78, 5) is 24.2. The lowest BCUT2D eigenvalue weighted by molar-refractivity contribution is 0.122. The standard InChI is InChI=1S/C23H19ClN4O3S/c24-15-5-6-19(27-8-10-31-11-9-27)20(13-15)28-21(29)17-4-2-1-3-16(17)18(22(28)30)14-26-23-25-7-12-32-23/h1-7,12-14,30H,8-11H2. The molecule has 0 amide bonds. The van der Waals surface area contributed by atoms with E-state index in [1.807, 2.05) is 17.5 Å². The van der Waals surface area contributed by atoms with Gasteiger partial charge in [-0.05, 0) is 24.3 Å². The number of hydrogen-bond acceptors (Lipinski definition) is 7. The average molecular weight is 467 g/mol. The van der Waals surface area contributed by atoms with Gasteiger partial charge in [-0.25, -0.2) is 14.5 Å². The first-order valence-electron chi connectivity index (χ1n) is 10.1. The molecule has 32 heavy (non-hydrogen) atoms. The van der Waals surface area contributed by atoms with Crippen LogP contribution in [-0.2, 0) is 4.74 Å². The lowest BCUT2D eigenvalue weighted by Gasteiger charge is -2.31. The van der Waals surface area contributed by atoms with Crippen LogP contribution in [0.5, 0.6) is 5.88 Å². The van der Waals surface area contributed by atoms with Crippen LogP contribution in [-0.4, -0.2) is 47.2 Å². The summed E-state index contributed by atoms with van der Waals surface area (Å²) in [5.74, 6) is -0.203. The van der Waals surface area contributed by atoms with Gasteiger partial charge in [-0.1, -0.05) is 29.8 Å². The molecular weight excluding hydrogens is 448 g/mol. The Balaban J connectivity index is 1.77. The van der Waals surface area contributed by atoms with E-state index in [1.165, 1.54) is 15.9 Å². The Morgan fingerprint density at radius 1 is 1.12 bits per heavy atom. The Hall–Kier alpha value is -3.20. The number of halogens is 1. The second-order valence-electron chi connectivity index (χ2n) is 7.23. The van der Waals surface area contributed by atoms with E-state index >= 15 is 0 Å². The van der Waals surface area contributed by atoms with Gasteiger partial charge in [0, 0.05) is 46.7 Å². The topological polar surface area (TPSA) is 79.9 Å². The van der Waals surface area contributed by atoms with E-state index in [2.05, 4.69) is 14.9 Å². The molecule has 1 N–H and O–H groups in total. The molecule has 9 heteroatoms. The van der Waals surface area contributed by atoms with Crippen LogP contribution in [0, 0.1) is 0 Å². The van der Waals surface area contributed by atoms with Gasteiger partial charge in [0.05, 0.1) is 30.2 Å². The Bertz CT molecular complexity index is 1360. The Labute approximate surface area is 192 Å². The molecule has 0 aliphatic carbocycles. The normalized spacial score (nSPS) is 14.5. The van der Waals surface area contributed by atoms with Gasteiger partial charge in [-0.2, -0.15) is 0 Å². The van der Waals surface area contributed by atoms with Gasteiger partial charge < -0.3 is 14.7 Å². The zero-order valence-electron chi connectivity index (χ0n) is 16.9. The van der Waals surface area contributed by atoms with Crippen LogP contribution in [0.2, 0.25) is 5.02 Å². The minimum atomic E-state index is -0.332. The maximum absolute atomic E-state index is 13.5. The molecule has 1 fully saturated rings. The third kappa shape index (κ3) is 3.77. The quantitative estimate of drug-likeness (QED) is 0.451. The molecule has 3 heterocycles. The molecule has 1 saturated heterocycles. The van der Waals surface area contributed by atoms with Crippen molar-refractivity contribution >= 4 is 50.7 Å². The van der Waals surface area contributed by atoms with Crippen molar-refractivity contribution in [2.24, 2.45) is 4.99 Å². The van der Waals surface area contributed by atoms with E-state index in [-0.39, 0.29) is 11.4 Å². The molecular formula is C23H19ClN4O3S. The first-order chi connectivity index (χ1) is 15.6. The number of fused-ring (bicyclic) bond motifs is 1. The van der Waals surface area contributed by atoms with Crippen molar-refractivity contribution in [1.29, 1.82) is 0 Å². The summed E-state index contributed by atoms with van der Waals surface area (Å²) in [6, 6.07) is 12.5. The largest absolute Gasteiger partial charge is 0.494 e. The zero-order valence-corrected chi connectivity index (χ0v) is 18.5. The molecule has 0 bridgehead atoms. The van der Waals surface area contributed by atoms with Gasteiger partial charge in [0.15, 0.2) is 0 Å². The molecule has 2 aromatic carbocycles. The van der Waals surface area contributed by atoms with Gasteiger partial charge in [-0.15, -0.1) is 11.3 Å². The number of morpholine rings is 1. The van der Waals surface area contributed by atoms with Crippen molar-refractivity contribution in [2.45, 2.75) is 0 Å². The fraction of sp³-hybridized carbons (Fsp3) is 0.174. The van der Waals surface area contributed by atoms with E-state index in [4.69, 9.17) is 16.3 Å². The number of rotatable bonds is 4. The van der Waals surface area contributed by atoms with Crippen molar-refractivity contribution in [3.05, 3.63) is 75.0 Å². The third-order valence-corrected chi connectivity index (χ3v) is 6.27. The molecule has 1 aliphatic heterocycles. The minimum absolute atomic E-state index is 0.203. The van der Waals surface area contributed by atoms with Crippen LogP contribution in [0.15, 0.2) is 63.8 Å². The second kappa shape index (κ2) is 8.74. The molecule has 5 rings (SSSR count). The summed E-state index contributed by atoms with van der Waals surface area (Å²) in [6.45, 7) is 2.53. The van der Waals surface area contributed by atoms with E-state index in [0.29, 0.717) is 58.5 Å². The maximum atomic E-state index is 13.5. The highest BCUT2D eigenvalue weighted by Crippen LogP contribution is 2.33.